The van der Waals surface area contributed by atoms with Crippen molar-refractivity contribution in [1.82, 2.24) is 4.98 Å². The van der Waals surface area contributed by atoms with E-state index in [9.17, 15) is 9.59 Å². The minimum atomic E-state index is -0.368. The Morgan fingerprint density at radius 2 is 2.00 bits per heavy atom. The van der Waals surface area contributed by atoms with Crippen molar-refractivity contribution in [3.8, 4) is 17.2 Å². The Hall–Kier alpha value is -3.59. The smallest absolute Gasteiger partial charge is 0.257 e. The van der Waals surface area contributed by atoms with Crippen molar-refractivity contribution in [1.29, 1.82) is 0 Å². The summed E-state index contributed by atoms with van der Waals surface area (Å²) >= 11 is 1.41. The molecule has 2 N–H and O–H groups in total. The third-order valence-electron chi connectivity index (χ3n) is 5.33. The predicted molar refractivity (Wildman–Crippen MR) is 120 cm³/mol. The molecule has 0 saturated heterocycles. The molecule has 1 atom stereocenters. The summed E-state index contributed by atoms with van der Waals surface area (Å²) in [5, 5.41) is 6.28. The van der Waals surface area contributed by atoms with Crippen molar-refractivity contribution in [3.63, 3.8) is 0 Å². The Bertz CT molecular complexity index is 1190. The molecule has 164 valence electrons. The van der Waals surface area contributed by atoms with Gasteiger partial charge in [0.05, 0.1) is 23.9 Å². The van der Waals surface area contributed by atoms with Crippen LogP contribution in [0.4, 0.5) is 10.8 Å². The maximum Gasteiger partial charge on any atom is 0.257 e. The lowest BCUT2D eigenvalue weighted by Crippen LogP contribution is -2.20. The number of aryl methyl sites for hydroxylation is 1. The van der Waals surface area contributed by atoms with E-state index in [1.807, 2.05) is 31.2 Å². The number of carbonyl (C=O) groups excluding carboxylic acids is 2. The van der Waals surface area contributed by atoms with Crippen molar-refractivity contribution >= 4 is 34.0 Å². The van der Waals surface area contributed by atoms with Crippen molar-refractivity contribution in [3.05, 3.63) is 58.6 Å². The van der Waals surface area contributed by atoms with E-state index in [-0.39, 0.29) is 24.5 Å². The number of hydrogen-bond donors (Lipinski definition) is 2. The highest BCUT2D eigenvalue weighted by Crippen LogP contribution is 2.40. The zero-order valence-corrected chi connectivity index (χ0v) is 18.2. The molecule has 32 heavy (non-hydrogen) atoms. The second kappa shape index (κ2) is 8.51. The lowest BCUT2D eigenvalue weighted by Gasteiger charge is -2.14. The van der Waals surface area contributed by atoms with Gasteiger partial charge in [0.25, 0.3) is 5.91 Å². The van der Waals surface area contributed by atoms with E-state index in [1.54, 1.807) is 18.2 Å². The summed E-state index contributed by atoms with van der Waals surface area (Å²) in [6, 6.07) is 12.4. The Morgan fingerprint density at radius 3 is 2.88 bits per heavy atom. The molecule has 2 aliphatic rings. The molecule has 1 unspecified atom stereocenters. The fourth-order valence-corrected chi connectivity index (χ4v) is 4.85. The summed E-state index contributed by atoms with van der Waals surface area (Å²) in [6.07, 6.45) is 1.44. The van der Waals surface area contributed by atoms with E-state index in [0.717, 1.165) is 17.0 Å². The second-order valence-electron chi connectivity index (χ2n) is 7.36. The normalized spacial score (nSPS) is 15.8. The van der Waals surface area contributed by atoms with Crippen molar-refractivity contribution in [2.45, 2.75) is 25.7 Å². The monoisotopic (exact) mass is 451 g/mol. The summed E-state index contributed by atoms with van der Waals surface area (Å²) in [6.45, 7) is 2.56. The Balaban J connectivity index is 1.29. The summed E-state index contributed by atoms with van der Waals surface area (Å²) in [4.78, 5) is 31.2. The number of rotatable bonds is 6. The summed E-state index contributed by atoms with van der Waals surface area (Å²) in [5.74, 6) is 1.01. The van der Waals surface area contributed by atoms with Crippen LogP contribution < -0.4 is 24.8 Å². The van der Waals surface area contributed by atoms with Gasteiger partial charge in [-0.05, 0) is 50.1 Å². The molecular weight excluding hydrogens is 430 g/mol. The Kier molecular flexibility index (Phi) is 5.40. The third-order valence-corrected chi connectivity index (χ3v) is 6.38. The van der Waals surface area contributed by atoms with Gasteiger partial charge in [-0.25, -0.2) is 4.98 Å². The minimum Gasteiger partial charge on any atom is -0.492 e. The van der Waals surface area contributed by atoms with Gasteiger partial charge in [-0.1, -0.05) is 12.1 Å². The van der Waals surface area contributed by atoms with E-state index in [2.05, 4.69) is 15.6 Å². The summed E-state index contributed by atoms with van der Waals surface area (Å²) in [5.41, 5.74) is 1.81. The maximum atomic E-state index is 13.0. The molecule has 2 amide bonds. The number of benzene rings is 2. The number of amides is 2. The highest BCUT2D eigenvalue weighted by molar-refractivity contribution is 7.16. The molecule has 1 aliphatic heterocycles. The van der Waals surface area contributed by atoms with Crippen molar-refractivity contribution in [2.24, 2.45) is 0 Å². The van der Waals surface area contributed by atoms with Gasteiger partial charge >= 0.3 is 0 Å². The first-order chi connectivity index (χ1) is 15.6. The molecule has 8 nitrogen and oxygen atoms in total. The van der Waals surface area contributed by atoms with E-state index >= 15 is 0 Å². The highest BCUT2D eigenvalue weighted by Gasteiger charge is 2.33. The first-order valence-electron chi connectivity index (χ1n) is 10.4. The second-order valence-corrected chi connectivity index (χ2v) is 8.44. The lowest BCUT2D eigenvalue weighted by atomic mass is 10.1. The fourth-order valence-electron chi connectivity index (χ4n) is 3.81. The largest absolute Gasteiger partial charge is 0.492 e. The SMILES string of the molecule is CCOc1ccccc1NC(=O)C1CCc2sc(NC(=O)c3ccc4c(c3)OCO4)nc21. The predicted octanol–water partition coefficient (Wildman–Crippen LogP) is 4.19. The number of nitrogens with one attached hydrogen (secondary N) is 2. The molecule has 1 aromatic heterocycles. The van der Waals surface area contributed by atoms with Crippen LogP contribution in [0.25, 0.3) is 0 Å². The van der Waals surface area contributed by atoms with Crippen LogP contribution in [0.1, 0.15) is 40.2 Å². The molecule has 9 heteroatoms. The molecule has 0 bridgehead atoms. The van der Waals surface area contributed by atoms with E-state index in [0.29, 0.717) is 46.7 Å². The van der Waals surface area contributed by atoms with Gasteiger partial charge in [0, 0.05) is 10.4 Å². The Labute approximate surface area is 188 Å². The number of thiazole rings is 1. The van der Waals surface area contributed by atoms with Gasteiger partial charge in [-0.15, -0.1) is 11.3 Å². The molecule has 2 heterocycles. The van der Waals surface area contributed by atoms with Crippen LogP contribution in [-0.2, 0) is 11.2 Å². The van der Waals surface area contributed by atoms with Gasteiger partial charge in [0.15, 0.2) is 16.6 Å². The third kappa shape index (κ3) is 3.87. The molecule has 3 aromatic rings. The zero-order valence-electron chi connectivity index (χ0n) is 17.3. The van der Waals surface area contributed by atoms with Crippen LogP contribution >= 0.6 is 11.3 Å². The number of nitrogens with zero attached hydrogens (tertiary/aromatic N) is 1. The average molecular weight is 452 g/mol. The fraction of sp³-hybridized carbons (Fsp3) is 0.261. The van der Waals surface area contributed by atoms with Crippen molar-refractivity contribution in [2.75, 3.05) is 24.0 Å². The van der Waals surface area contributed by atoms with E-state index in [4.69, 9.17) is 14.2 Å². The molecule has 0 spiro atoms. The minimum absolute atomic E-state index is 0.130. The number of hydrogen-bond acceptors (Lipinski definition) is 7. The number of aromatic nitrogens is 1. The van der Waals surface area contributed by atoms with Crippen LogP contribution in [0, 0.1) is 0 Å². The molecule has 1 aliphatic carbocycles. The number of carbonyl (C=O) groups is 2. The maximum absolute atomic E-state index is 13.0. The van der Waals surface area contributed by atoms with Crippen LogP contribution in [0.15, 0.2) is 42.5 Å². The van der Waals surface area contributed by atoms with Crippen LogP contribution in [-0.4, -0.2) is 30.2 Å². The van der Waals surface area contributed by atoms with Crippen LogP contribution in [0.2, 0.25) is 0 Å². The van der Waals surface area contributed by atoms with Gasteiger partial charge in [0.2, 0.25) is 12.7 Å². The summed E-state index contributed by atoms with van der Waals surface area (Å²) in [7, 11) is 0. The van der Waals surface area contributed by atoms with E-state index in [1.165, 1.54) is 11.3 Å². The van der Waals surface area contributed by atoms with Crippen LogP contribution in [0.3, 0.4) is 0 Å². The van der Waals surface area contributed by atoms with E-state index < -0.39 is 0 Å². The molecular formula is C23H21N3O5S. The lowest BCUT2D eigenvalue weighted by molar-refractivity contribution is -0.117. The van der Waals surface area contributed by atoms with Crippen molar-refractivity contribution < 1.29 is 23.8 Å². The standard InChI is InChI=1S/C23H21N3O5S/c1-2-29-16-6-4-3-5-15(16)24-22(28)14-8-10-19-20(14)25-23(32-19)26-21(27)13-7-9-17-18(11-13)31-12-30-17/h3-7,9,11,14H,2,8,10,12H2,1H3,(H,24,28)(H,25,26,27). The first kappa shape index (κ1) is 20.3. The number of para-hydroxylation sites is 2. The molecule has 0 radical (unpaired) electrons. The zero-order chi connectivity index (χ0) is 22.1. The molecule has 2 aromatic carbocycles. The number of ether oxygens (including phenoxy) is 3. The molecule has 5 rings (SSSR count). The molecule has 0 fully saturated rings. The first-order valence-corrected chi connectivity index (χ1v) is 11.2. The van der Waals surface area contributed by atoms with Gasteiger partial charge < -0.3 is 19.5 Å². The van der Waals surface area contributed by atoms with Gasteiger partial charge in [-0.3, -0.25) is 14.9 Å². The van der Waals surface area contributed by atoms with Gasteiger partial charge in [-0.2, -0.15) is 0 Å². The highest BCUT2D eigenvalue weighted by atomic mass is 32.1. The summed E-state index contributed by atoms with van der Waals surface area (Å²) < 4.78 is 16.2. The topological polar surface area (TPSA) is 98.8 Å². The number of anilines is 2. The Morgan fingerprint density at radius 1 is 1.16 bits per heavy atom. The van der Waals surface area contributed by atoms with Crippen LogP contribution in [0.5, 0.6) is 17.2 Å². The quantitative estimate of drug-likeness (QED) is 0.583. The molecule has 0 saturated carbocycles. The average Bonchev–Trinajstić information content (AvgIpc) is 3.50. The number of fused-ring (bicyclic) bond motifs is 2. The van der Waals surface area contributed by atoms with Gasteiger partial charge in [0.1, 0.15) is 5.75 Å².